The minimum atomic E-state index is -1.23. The second-order valence-corrected chi connectivity index (χ2v) is 8.20. The summed E-state index contributed by atoms with van der Waals surface area (Å²) < 4.78 is 14.5. The monoisotopic (exact) mass is 435 g/mol. The lowest BCUT2D eigenvalue weighted by Gasteiger charge is -2.33. The van der Waals surface area contributed by atoms with Crippen molar-refractivity contribution in [3.8, 4) is 0 Å². The molecule has 0 saturated heterocycles. The molecular weight excluding hydrogens is 410 g/mol. The fourth-order valence-corrected chi connectivity index (χ4v) is 3.41. The molecule has 0 spiro atoms. The first-order valence-corrected chi connectivity index (χ1v) is 10.8. The van der Waals surface area contributed by atoms with Crippen molar-refractivity contribution in [1.29, 1.82) is 0 Å². The second-order valence-electron chi connectivity index (χ2n) is 6.35. The zero-order chi connectivity index (χ0) is 21.6. The van der Waals surface area contributed by atoms with Crippen molar-refractivity contribution in [2.24, 2.45) is 9.98 Å². The van der Waals surface area contributed by atoms with Crippen LogP contribution in [0.2, 0.25) is 0 Å². The first-order valence-electron chi connectivity index (χ1n) is 9.26. The van der Waals surface area contributed by atoms with E-state index in [2.05, 4.69) is 26.6 Å². The molecule has 1 aromatic rings. The van der Waals surface area contributed by atoms with Gasteiger partial charge in [-0.3, -0.25) is 9.69 Å². The zero-order valence-corrected chi connectivity index (χ0v) is 18.6. The molecule has 29 heavy (non-hydrogen) atoms. The maximum Gasteiger partial charge on any atom is 0.295 e. The van der Waals surface area contributed by atoms with Gasteiger partial charge in [-0.25, -0.2) is 9.98 Å². The number of hydrogen-bond acceptors (Lipinski definition) is 6. The first-order chi connectivity index (χ1) is 13.8. The molecule has 0 saturated carbocycles. The van der Waals surface area contributed by atoms with Crippen LogP contribution in [0.4, 0.5) is 0 Å². The Hall–Kier alpha value is -2.13. The molecule has 0 radical (unpaired) electrons. The molecule has 2 N–H and O–H groups in total. The molecule has 9 heteroatoms. The van der Waals surface area contributed by atoms with Gasteiger partial charge in [0.1, 0.15) is 10.9 Å². The third-order valence-electron chi connectivity index (χ3n) is 4.43. The van der Waals surface area contributed by atoms with Gasteiger partial charge >= 0.3 is 0 Å². The Bertz CT molecular complexity index is 851. The van der Waals surface area contributed by atoms with Crippen LogP contribution in [-0.2, 0) is 22.7 Å². The van der Waals surface area contributed by atoms with Gasteiger partial charge in [0.15, 0.2) is 16.6 Å². The predicted octanol–water partition coefficient (Wildman–Crippen LogP) is 3.07. The summed E-state index contributed by atoms with van der Waals surface area (Å²) in [5.41, 5.74) is 1.48. The Morgan fingerprint density at radius 3 is 2.62 bits per heavy atom. The molecule has 1 aliphatic heterocycles. The van der Waals surface area contributed by atoms with Crippen molar-refractivity contribution < 1.29 is 9.35 Å². The number of carbonyl (C=O) groups is 1. The summed E-state index contributed by atoms with van der Waals surface area (Å²) in [5.74, 6) is 0.367. The summed E-state index contributed by atoms with van der Waals surface area (Å²) in [6.07, 6.45) is 2.53. The van der Waals surface area contributed by atoms with Gasteiger partial charge in [0.2, 0.25) is 0 Å². The van der Waals surface area contributed by atoms with Gasteiger partial charge in [-0.15, -0.1) is 4.72 Å². The molecule has 1 amide bonds. The van der Waals surface area contributed by atoms with Crippen molar-refractivity contribution >= 4 is 40.5 Å². The maximum atomic E-state index is 13.1. The molecule has 0 fully saturated rings. The van der Waals surface area contributed by atoms with Crippen molar-refractivity contribution in [3.63, 3.8) is 0 Å². The van der Waals surface area contributed by atoms with Crippen LogP contribution in [0.3, 0.4) is 0 Å². The van der Waals surface area contributed by atoms with Crippen LogP contribution in [0, 0.1) is 0 Å². The molecule has 0 aliphatic carbocycles. The van der Waals surface area contributed by atoms with Crippen molar-refractivity contribution in [3.05, 3.63) is 53.3 Å². The van der Waals surface area contributed by atoms with E-state index in [0.29, 0.717) is 23.0 Å². The summed E-state index contributed by atoms with van der Waals surface area (Å²) in [6.45, 7) is 9.77. The highest BCUT2D eigenvalue weighted by Gasteiger charge is 2.34. The van der Waals surface area contributed by atoms with Crippen LogP contribution in [0.25, 0.3) is 0 Å². The number of aliphatic imine (C=N–C) groups is 2. The van der Waals surface area contributed by atoms with E-state index in [-0.39, 0.29) is 22.9 Å². The molecule has 2 atom stereocenters. The van der Waals surface area contributed by atoms with E-state index in [9.17, 15) is 9.35 Å². The Morgan fingerprint density at radius 2 is 2.10 bits per heavy atom. The third kappa shape index (κ3) is 5.70. The minimum absolute atomic E-state index is 0.0877. The lowest BCUT2D eigenvalue weighted by molar-refractivity contribution is -0.122. The largest absolute Gasteiger partial charge is 0.593 e. The quantitative estimate of drug-likeness (QED) is 0.508. The number of amidine groups is 2. The molecule has 2 rings (SSSR count). The number of benzene rings is 1. The van der Waals surface area contributed by atoms with E-state index in [0.717, 1.165) is 12.0 Å². The summed E-state index contributed by atoms with van der Waals surface area (Å²) in [4.78, 5) is 24.0. The number of halogens is 1. The van der Waals surface area contributed by atoms with Crippen LogP contribution in [0.15, 0.2) is 62.7 Å². The van der Waals surface area contributed by atoms with Crippen molar-refractivity contribution in [1.82, 2.24) is 14.9 Å². The molecule has 1 heterocycles. The Morgan fingerprint density at radius 1 is 1.45 bits per heavy atom. The number of hydrogen-bond donors (Lipinski definition) is 2. The standard InChI is InChI=1S/C20H26ClN5O2S/c1-6-13(3)26-19(24-14(4)21)17(7-2)25-18(20(26)27)23-12-15-8-10-16(11-9-15)29(28)22-5/h7-11,13,22H,4,6,12H2,1-3,5H3,(H,23,25)/b17-7+,24-19+/t13-,29?/m1/s1. The Kier molecular flexibility index (Phi) is 8.45. The van der Waals surface area contributed by atoms with Crippen LogP contribution in [-0.4, -0.2) is 40.1 Å². The number of amides is 1. The van der Waals surface area contributed by atoms with Gasteiger partial charge < -0.3 is 9.87 Å². The number of nitrogens with one attached hydrogen (secondary N) is 2. The SMILES string of the molecule is C=C(Cl)/N=C1\C(=C/C)N=C(NCc2ccc([S+]([O-])NC)cc2)C(=O)N1[C@H](C)CC. The Balaban J connectivity index is 2.27. The molecule has 1 aliphatic rings. The fraction of sp³-hybridized carbons (Fsp3) is 0.350. The molecule has 7 nitrogen and oxygen atoms in total. The molecule has 1 unspecified atom stereocenters. The molecule has 156 valence electrons. The highest BCUT2D eigenvalue weighted by atomic mass is 35.5. The van der Waals surface area contributed by atoms with E-state index < -0.39 is 11.4 Å². The van der Waals surface area contributed by atoms with Gasteiger partial charge in [0, 0.05) is 19.6 Å². The van der Waals surface area contributed by atoms with E-state index in [1.807, 2.05) is 32.9 Å². The minimum Gasteiger partial charge on any atom is -0.593 e. The molecule has 1 aromatic carbocycles. The first kappa shape index (κ1) is 23.2. The lowest BCUT2D eigenvalue weighted by Crippen LogP contribution is -2.53. The summed E-state index contributed by atoms with van der Waals surface area (Å²) in [6, 6.07) is 7.20. The molecular formula is C20H26ClN5O2S. The Labute approximate surface area is 180 Å². The van der Waals surface area contributed by atoms with E-state index >= 15 is 0 Å². The van der Waals surface area contributed by atoms with Gasteiger partial charge in [0.05, 0.1) is 11.4 Å². The van der Waals surface area contributed by atoms with Crippen LogP contribution in [0.1, 0.15) is 32.8 Å². The van der Waals surface area contributed by atoms with E-state index in [1.165, 1.54) is 0 Å². The number of carbonyl (C=O) groups excluding carboxylic acids is 1. The van der Waals surface area contributed by atoms with E-state index in [1.54, 1.807) is 30.2 Å². The van der Waals surface area contributed by atoms with Gasteiger partial charge in [-0.1, -0.05) is 43.3 Å². The summed E-state index contributed by atoms with van der Waals surface area (Å²) >= 11 is 4.65. The second kappa shape index (κ2) is 10.6. The van der Waals surface area contributed by atoms with Crippen LogP contribution >= 0.6 is 11.6 Å². The number of allylic oxidation sites excluding steroid dienone is 1. The van der Waals surface area contributed by atoms with Crippen molar-refractivity contribution in [2.45, 2.75) is 44.7 Å². The maximum absolute atomic E-state index is 13.1. The fourth-order valence-electron chi connectivity index (χ4n) is 2.71. The normalized spacial score (nSPS) is 19.3. The van der Waals surface area contributed by atoms with Crippen molar-refractivity contribution in [2.75, 3.05) is 7.05 Å². The highest BCUT2D eigenvalue weighted by Crippen LogP contribution is 2.20. The number of nitrogens with zero attached hydrogens (tertiary/aromatic N) is 3. The summed E-state index contributed by atoms with van der Waals surface area (Å²) in [5, 5.41) is 3.20. The predicted molar refractivity (Wildman–Crippen MR) is 119 cm³/mol. The number of rotatable bonds is 7. The zero-order valence-electron chi connectivity index (χ0n) is 17.0. The topological polar surface area (TPSA) is 92.1 Å². The van der Waals surface area contributed by atoms with Gasteiger partial charge in [0.25, 0.3) is 5.91 Å². The highest BCUT2D eigenvalue weighted by molar-refractivity contribution is 7.89. The van der Waals surface area contributed by atoms with Gasteiger partial charge in [-0.05, 0) is 38.0 Å². The lowest BCUT2D eigenvalue weighted by atomic mass is 10.1. The third-order valence-corrected chi connectivity index (χ3v) is 5.58. The average molecular weight is 436 g/mol. The average Bonchev–Trinajstić information content (AvgIpc) is 2.72. The van der Waals surface area contributed by atoms with Crippen LogP contribution in [0.5, 0.6) is 0 Å². The smallest absolute Gasteiger partial charge is 0.295 e. The molecule has 0 bridgehead atoms. The van der Waals surface area contributed by atoms with Crippen LogP contribution < -0.4 is 10.0 Å². The summed E-state index contributed by atoms with van der Waals surface area (Å²) in [7, 11) is 1.64. The molecule has 0 aromatic heterocycles. The van der Waals surface area contributed by atoms with E-state index in [4.69, 9.17) is 11.6 Å². The van der Waals surface area contributed by atoms with Gasteiger partial charge in [-0.2, -0.15) is 0 Å².